The first-order valence-electron chi connectivity index (χ1n) is 9.30. The Morgan fingerprint density at radius 1 is 1.08 bits per heavy atom. The van der Waals surface area contributed by atoms with Crippen molar-refractivity contribution < 1.29 is 4.79 Å². The van der Waals surface area contributed by atoms with E-state index in [0.29, 0.717) is 30.2 Å². The molecule has 7 nitrogen and oxygen atoms in total. The number of hydrogen-bond donors (Lipinski definition) is 1. The zero-order valence-electron chi connectivity index (χ0n) is 15.4. The van der Waals surface area contributed by atoms with Crippen LogP contribution in [-0.4, -0.2) is 45.6 Å². The number of nitrogens with one attached hydrogen (secondary N) is 1. The highest BCUT2D eigenvalue weighted by Gasteiger charge is 2.23. The largest absolute Gasteiger partial charge is 0.353 e. The minimum absolute atomic E-state index is 0.141. The molecule has 1 N–H and O–H groups in total. The maximum Gasteiger partial charge on any atom is 0.317 e. The van der Waals surface area contributed by atoms with Gasteiger partial charge in [-0.2, -0.15) is 0 Å². The van der Waals surface area contributed by atoms with Crippen molar-refractivity contribution >= 4 is 16.9 Å². The van der Waals surface area contributed by atoms with E-state index in [9.17, 15) is 14.4 Å². The number of benzene rings is 1. The normalized spacial score (nSPS) is 17.7. The average Bonchev–Trinajstić information content (AvgIpc) is 3.12. The Morgan fingerprint density at radius 2 is 1.73 bits per heavy atom. The fourth-order valence-corrected chi connectivity index (χ4v) is 3.82. The third kappa shape index (κ3) is 3.44. The minimum atomic E-state index is -0.656. The number of hydrogen-bond acceptors (Lipinski definition) is 4. The van der Waals surface area contributed by atoms with Crippen molar-refractivity contribution in [1.82, 2.24) is 19.4 Å². The first-order valence-corrected chi connectivity index (χ1v) is 9.30. The second-order valence-electron chi connectivity index (χ2n) is 6.66. The number of carbonyl (C=O) groups excluding carboxylic acids is 1. The molecule has 0 aliphatic carbocycles. The lowest BCUT2D eigenvalue weighted by Gasteiger charge is -2.23. The monoisotopic (exact) mass is 358 g/mol. The van der Waals surface area contributed by atoms with Crippen molar-refractivity contribution in [2.24, 2.45) is 0 Å². The van der Waals surface area contributed by atoms with Gasteiger partial charge in [0, 0.05) is 19.1 Å². The number of carbonyl (C=O) groups is 1. The van der Waals surface area contributed by atoms with E-state index < -0.39 is 11.1 Å². The third-order valence-corrected chi connectivity index (χ3v) is 5.19. The number of fused-ring (bicyclic) bond motifs is 1. The summed E-state index contributed by atoms with van der Waals surface area (Å²) < 4.78 is 2.73. The Bertz CT molecular complexity index is 915. The van der Waals surface area contributed by atoms with Gasteiger partial charge in [0.25, 0.3) is 0 Å². The van der Waals surface area contributed by atoms with Gasteiger partial charge in [0.15, 0.2) is 0 Å². The van der Waals surface area contributed by atoms with E-state index in [0.717, 1.165) is 25.9 Å². The van der Waals surface area contributed by atoms with Crippen LogP contribution in [0.15, 0.2) is 33.9 Å². The molecule has 1 atom stereocenters. The van der Waals surface area contributed by atoms with Crippen LogP contribution in [0.5, 0.6) is 0 Å². The zero-order chi connectivity index (χ0) is 18.7. The van der Waals surface area contributed by atoms with E-state index in [1.807, 2.05) is 13.0 Å². The summed E-state index contributed by atoms with van der Waals surface area (Å²) in [6.07, 6.45) is 2.22. The molecule has 1 aromatic heterocycles. The second-order valence-corrected chi connectivity index (χ2v) is 6.66. The van der Waals surface area contributed by atoms with Crippen LogP contribution in [0.4, 0.5) is 0 Å². The first-order chi connectivity index (χ1) is 12.6. The standard InChI is InChI=1S/C19H26N4O3/c1-3-21-11-7-8-14(21)12-20-17(24)13-23-16-10-6-5-9-15(16)22(4-2)18(25)19(23)26/h5-6,9-10,14H,3-4,7-8,11-13H2,1-2H3,(H,20,24)/t14-/m1/s1. The number of likely N-dealkylation sites (tertiary alicyclic amines) is 1. The van der Waals surface area contributed by atoms with Gasteiger partial charge < -0.3 is 9.88 Å². The predicted molar refractivity (Wildman–Crippen MR) is 101 cm³/mol. The number of likely N-dealkylation sites (N-methyl/N-ethyl adjacent to an activating group) is 1. The van der Waals surface area contributed by atoms with E-state index in [1.54, 1.807) is 18.2 Å². The molecule has 0 unspecified atom stereocenters. The molecule has 0 radical (unpaired) electrons. The Morgan fingerprint density at radius 3 is 2.38 bits per heavy atom. The number of rotatable bonds is 6. The number of aryl methyl sites for hydroxylation is 1. The highest BCUT2D eigenvalue weighted by molar-refractivity contribution is 5.80. The van der Waals surface area contributed by atoms with Gasteiger partial charge in [-0.25, -0.2) is 0 Å². The summed E-state index contributed by atoms with van der Waals surface area (Å²) in [5.74, 6) is -0.242. The zero-order valence-corrected chi connectivity index (χ0v) is 15.4. The Balaban J connectivity index is 1.82. The average molecular weight is 358 g/mol. The van der Waals surface area contributed by atoms with E-state index in [1.165, 1.54) is 9.13 Å². The lowest BCUT2D eigenvalue weighted by molar-refractivity contribution is -0.121. The van der Waals surface area contributed by atoms with Crippen molar-refractivity contribution in [3.05, 3.63) is 45.0 Å². The van der Waals surface area contributed by atoms with Gasteiger partial charge in [-0.15, -0.1) is 0 Å². The molecule has 2 aromatic rings. The van der Waals surface area contributed by atoms with Gasteiger partial charge in [0.05, 0.1) is 11.0 Å². The maximum absolute atomic E-state index is 12.5. The van der Waals surface area contributed by atoms with Crippen molar-refractivity contribution in [2.45, 2.75) is 45.8 Å². The third-order valence-electron chi connectivity index (χ3n) is 5.19. The quantitative estimate of drug-likeness (QED) is 0.775. The molecule has 1 amide bonds. The number of para-hydroxylation sites is 2. The number of amides is 1. The SMILES string of the molecule is CCN1CCC[C@@H]1CNC(=O)Cn1c(=O)c(=O)n(CC)c2ccccc21. The van der Waals surface area contributed by atoms with Crippen molar-refractivity contribution in [1.29, 1.82) is 0 Å². The molecule has 7 heteroatoms. The maximum atomic E-state index is 12.5. The molecule has 0 saturated carbocycles. The summed E-state index contributed by atoms with van der Waals surface area (Å²) in [4.78, 5) is 39.6. The van der Waals surface area contributed by atoms with Crippen LogP contribution < -0.4 is 16.4 Å². The molecular weight excluding hydrogens is 332 g/mol. The van der Waals surface area contributed by atoms with Crippen LogP contribution in [0.25, 0.3) is 11.0 Å². The molecule has 1 aliphatic heterocycles. The summed E-state index contributed by atoms with van der Waals surface area (Å²) in [5.41, 5.74) is 0.0224. The molecule has 2 heterocycles. The summed E-state index contributed by atoms with van der Waals surface area (Å²) in [7, 11) is 0. The first kappa shape index (κ1) is 18.4. The molecule has 1 saturated heterocycles. The number of nitrogens with zero attached hydrogens (tertiary/aromatic N) is 3. The van der Waals surface area contributed by atoms with Gasteiger partial charge in [-0.05, 0) is 45.0 Å². The summed E-state index contributed by atoms with van der Waals surface area (Å²) in [6.45, 7) is 6.83. The van der Waals surface area contributed by atoms with Gasteiger partial charge in [0.1, 0.15) is 6.54 Å². The fraction of sp³-hybridized carbons (Fsp3) is 0.526. The van der Waals surface area contributed by atoms with Crippen LogP contribution in [0.1, 0.15) is 26.7 Å². The van der Waals surface area contributed by atoms with Crippen LogP contribution in [0.2, 0.25) is 0 Å². The van der Waals surface area contributed by atoms with E-state index >= 15 is 0 Å². The van der Waals surface area contributed by atoms with Gasteiger partial charge in [-0.1, -0.05) is 19.1 Å². The van der Waals surface area contributed by atoms with E-state index in [-0.39, 0.29) is 12.5 Å². The topological polar surface area (TPSA) is 76.3 Å². The highest BCUT2D eigenvalue weighted by atomic mass is 16.2. The lowest BCUT2D eigenvalue weighted by atomic mass is 10.2. The second kappa shape index (κ2) is 7.86. The molecule has 0 spiro atoms. The summed E-state index contributed by atoms with van der Waals surface area (Å²) in [6, 6.07) is 7.54. The van der Waals surface area contributed by atoms with E-state index in [2.05, 4.69) is 17.1 Å². The molecule has 26 heavy (non-hydrogen) atoms. The molecule has 3 rings (SSSR count). The Kier molecular flexibility index (Phi) is 5.56. The number of aromatic nitrogens is 2. The molecular formula is C19H26N4O3. The van der Waals surface area contributed by atoms with Crippen molar-refractivity contribution in [3.63, 3.8) is 0 Å². The fourth-order valence-electron chi connectivity index (χ4n) is 3.82. The Hall–Kier alpha value is -2.41. The van der Waals surface area contributed by atoms with Crippen LogP contribution in [-0.2, 0) is 17.9 Å². The minimum Gasteiger partial charge on any atom is -0.353 e. The molecule has 140 valence electrons. The molecule has 0 bridgehead atoms. The molecule has 1 aliphatic rings. The van der Waals surface area contributed by atoms with Gasteiger partial charge in [-0.3, -0.25) is 23.9 Å². The Labute approximate surface area is 152 Å². The highest BCUT2D eigenvalue weighted by Crippen LogP contribution is 2.15. The van der Waals surface area contributed by atoms with Gasteiger partial charge >= 0.3 is 11.1 Å². The van der Waals surface area contributed by atoms with Crippen LogP contribution >= 0.6 is 0 Å². The molecule has 1 aromatic carbocycles. The smallest absolute Gasteiger partial charge is 0.317 e. The predicted octanol–water partition coefficient (Wildman–Crippen LogP) is 0.784. The van der Waals surface area contributed by atoms with Crippen LogP contribution in [0.3, 0.4) is 0 Å². The van der Waals surface area contributed by atoms with E-state index in [4.69, 9.17) is 0 Å². The summed E-state index contributed by atoms with van der Waals surface area (Å²) in [5, 5.41) is 2.93. The van der Waals surface area contributed by atoms with Crippen molar-refractivity contribution in [2.75, 3.05) is 19.6 Å². The van der Waals surface area contributed by atoms with Crippen molar-refractivity contribution in [3.8, 4) is 0 Å². The van der Waals surface area contributed by atoms with Crippen LogP contribution in [0, 0.1) is 0 Å². The molecule has 1 fully saturated rings. The summed E-state index contributed by atoms with van der Waals surface area (Å²) >= 11 is 0. The lowest BCUT2D eigenvalue weighted by Crippen LogP contribution is -2.45. The van der Waals surface area contributed by atoms with Gasteiger partial charge in [0.2, 0.25) is 5.91 Å².